The lowest BCUT2D eigenvalue weighted by Gasteiger charge is -2.13. The highest BCUT2D eigenvalue weighted by Crippen LogP contribution is 2.28. The van der Waals surface area contributed by atoms with Crippen LogP contribution >= 0.6 is 24.0 Å². The van der Waals surface area contributed by atoms with Gasteiger partial charge in [0.25, 0.3) is 0 Å². The van der Waals surface area contributed by atoms with Gasteiger partial charge >= 0.3 is 0 Å². The van der Waals surface area contributed by atoms with Crippen molar-refractivity contribution in [3.05, 3.63) is 48.6 Å². The molecule has 0 saturated carbocycles. The summed E-state index contributed by atoms with van der Waals surface area (Å²) in [4.78, 5) is 4.69. The largest absolute Gasteiger partial charge is 0.490 e. The Morgan fingerprint density at radius 2 is 1.94 bits per heavy atom. The van der Waals surface area contributed by atoms with Crippen LogP contribution in [0, 0.1) is 0 Å². The van der Waals surface area contributed by atoms with Crippen molar-refractivity contribution in [2.45, 2.75) is 40.2 Å². The minimum atomic E-state index is 0. The van der Waals surface area contributed by atoms with Gasteiger partial charge in [-0.2, -0.15) is 0 Å². The summed E-state index contributed by atoms with van der Waals surface area (Å²) in [7, 11) is 0. The first kappa shape index (κ1) is 26.7. The molecule has 2 aromatic rings. The molecule has 0 saturated heterocycles. The van der Waals surface area contributed by atoms with Crippen molar-refractivity contribution in [1.29, 1.82) is 0 Å². The molecule has 0 aliphatic heterocycles. The second-order valence-corrected chi connectivity index (χ2v) is 6.52. The number of aliphatic imine (C=N–C) groups is 1. The quantitative estimate of drug-likeness (QED) is 0.175. The van der Waals surface area contributed by atoms with Crippen molar-refractivity contribution in [2.75, 3.05) is 32.8 Å². The number of nitrogens with zero attached hydrogens (tertiary/aromatic N) is 4. The molecule has 0 atom stereocenters. The zero-order valence-electron chi connectivity index (χ0n) is 18.8. The van der Waals surface area contributed by atoms with Crippen molar-refractivity contribution in [3.8, 4) is 11.5 Å². The fourth-order valence-corrected chi connectivity index (χ4v) is 2.93. The number of aryl methyl sites for hydroxylation is 1. The van der Waals surface area contributed by atoms with Crippen LogP contribution in [0.15, 0.2) is 42.2 Å². The monoisotopic (exact) mass is 542 g/mol. The van der Waals surface area contributed by atoms with Gasteiger partial charge in [-0.1, -0.05) is 19.1 Å². The van der Waals surface area contributed by atoms with Crippen LogP contribution in [0.3, 0.4) is 0 Å². The number of aromatic nitrogens is 3. The van der Waals surface area contributed by atoms with Gasteiger partial charge < -0.3 is 24.7 Å². The van der Waals surface area contributed by atoms with E-state index in [4.69, 9.17) is 9.47 Å². The average Bonchev–Trinajstić information content (AvgIpc) is 3.21. The summed E-state index contributed by atoms with van der Waals surface area (Å²) in [5.41, 5.74) is 1.16. The Morgan fingerprint density at radius 1 is 1.16 bits per heavy atom. The first-order chi connectivity index (χ1) is 14.7. The molecule has 1 aromatic heterocycles. The first-order valence-electron chi connectivity index (χ1n) is 10.6. The van der Waals surface area contributed by atoms with Crippen LogP contribution in [-0.4, -0.2) is 53.6 Å². The topological polar surface area (TPSA) is 85.6 Å². The van der Waals surface area contributed by atoms with Crippen molar-refractivity contribution >= 4 is 29.9 Å². The standard InChI is InChI=1S/C22H34N6O2.HI/c1-5-12-23-22(25-14-15-28-17-26-27-21(28)6-2)24-13-11-18-9-10-19(29-7-3)20(16-18)30-8-4;/h5,9-10,16-17H,1,6-8,11-15H2,2-4H3,(H2,23,24,25);1H. The predicted octanol–water partition coefficient (Wildman–Crippen LogP) is 3.22. The van der Waals surface area contributed by atoms with E-state index in [1.54, 1.807) is 6.33 Å². The van der Waals surface area contributed by atoms with Gasteiger partial charge in [0, 0.05) is 32.6 Å². The maximum Gasteiger partial charge on any atom is 0.191 e. The Balaban J connectivity index is 0.00000480. The highest BCUT2D eigenvalue weighted by Gasteiger charge is 2.06. The molecule has 0 spiro atoms. The van der Waals surface area contributed by atoms with Crippen LogP contribution in [0.2, 0.25) is 0 Å². The summed E-state index contributed by atoms with van der Waals surface area (Å²) in [6, 6.07) is 6.06. The number of rotatable bonds is 13. The molecule has 9 heteroatoms. The third-order valence-corrected chi connectivity index (χ3v) is 4.35. The van der Waals surface area contributed by atoms with E-state index >= 15 is 0 Å². The van der Waals surface area contributed by atoms with Gasteiger partial charge in [0.2, 0.25) is 0 Å². The van der Waals surface area contributed by atoms with Crippen LogP contribution < -0.4 is 20.1 Å². The zero-order valence-corrected chi connectivity index (χ0v) is 21.1. The molecule has 0 fully saturated rings. The van der Waals surface area contributed by atoms with Gasteiger partial charge in [-0.3, -0.25) is 4.99 Å². The zero-order chi connectivity index (χ0) is 21.6. The number of halogens is 1. The van der Waals surface area contributed by atoms with Crippen molar-refractivity contribution in [3.63, 3.8) is 0 Å². The van der Waals surface area contributed by atoms with E-state index in [0.717, 1.165) is 54.8 Å². The second-order valence-electron chi connectivity index (χ2n) is 6.52. The molecule has 2 rings (SSSR count). The third kappa shape index (κ3) is 9.16. The first-order valence-corrected chi connectivity index (χ1v) is 10.6. The molecule has 0 aliphatic carbocycles. The summed E-state index contributed by atoms with van der Waals surface area (Å²) in [5.74, 6) is 3.30. The van der Waals surface area contributed by atoms with Gasteiger partial charge in [-0.05, 0) is 38.0 Å². The summed E-state index contributed by atoms with van der Waals surface area (Å²) in [6.07, 6.45) is 5.24. The second kappa shape index (κ2) is 15.5. The Kier molecular flexibility index (Phi) is 13.4. The number of benzene rings is 1. The van der Waals surface area contributed by atoms with E-state index in [1.807, 2.05) is 36.6 Å². The number of nitrogens with one attached hydrogen (secondary N) is 2. The minimum absolute atomic E-state index is 0. The Morgan fingerprint density at radius 3 is 2.65 bits per heavy atom. The molecule has 0 bridgehead atoms. The third-order valence-electron chi connectivity index (χ3n) is 4.35. The fourth-order valence-electron chi connectivity index (χ4n) is 2.93. The minimum Gasteiger partial charge on any atom is -0.490 e. The van der Waals surface area contributed by atoms with Gasteiger partial charge in [-0.15, -0.1) is 40.8 Å². The molecule has 1 aromatic carbocycles. The molecule has 0 amide bonds. The summed E-state index contributed by atoms with van der Waals surface area (Å²) in [5, 5.41) is 14.7. The van der Waals surface area contributed by atoms with Crippen molar-refractivity contribution in [1.82, 2.24) is 25.4 Å². The van der Waals surface area contributed by atoms with E-state index in [-0.39, 0.29) is 24.0 Å². The highest BCUT2D eigenvalue weighted by molar-refractivity contribution is 14.0. The van der Waals surface area contributed by atoms with E-state index < -0.39 is 0 Å². The maximum absolute atomic E-state index is 5.71. The molecule has 31 heavy (non-hydrogen) atoms. The smallest absolute Gasteiger partial charge is 0.191 e. The van der Waals surface area contributed by atoms with Crippen LogP contribution in [0.1, 0.15) is 32.2 Å². The predicted molar refractivity (Wildman–Crippen MR) is 136 cm³/mol. The number of hydrogen-bond donors (Lipinski definition) is 2. The average molecular weight is 542 g/mol. The molecule has 1 heterocycles. The lowest BCUT2D eigenvalue weighted by atomic mass is 10.1. The van der Waals surface area contributed by atoms with Crippen LogP contribution in [0.5, 0.6) is 11.5 Å². The molecule has 0 radical (unpaired) electrons. The van der Waals surface area contributed by atoms with E-state index in [9.17, 15) is 0 Å². The van der Waals surface area contributed by atoms with Crippen molar-refractivity contribution < 1.29 is 9.47 Å². The van der Waals surface area contributed by atoms with E-state index in [2.05, 4.69) is 45.4 Å². The van der Waals surface area contributed by atoms with E-state index in [0.29, 0.717) is 26.3 Å². The fraction of sp³-hybridized carbons (Fsp3) is 0.500. The van der Waals surface area contributed by atoms with Gasteiger partial charge in [0.1, 0.15) is 12.2 Å². The summed E-state index contributed by atoms with van der Waals surface area (Å²) < 4.78 is 13.4. The van der Waals surface area contributed by atoms with Gasteiger partial charge in [0.05, 0.1) is 13.2 Å². The molecule has 8 nitrogen and oxygen atoms in total. The Bertz CT molecular complexity index is 809. The highest BCUT2D eigenvalue weighted by atomic mass is 127. The van der Waals surface area contributed by atoms with Crippen LogP contribution in [0.4, 0.5) is 0 Å². The molecular formula is C22H35IN6O2. The number of ether oxygens (including phenoxy) is 2. The SMILES string of the molecule is C=CCNC(=NCCc1ccc(OCC)c(OCC)c1)NCCn1cnnc1CC.I. The lowest BCUT2D eigenvalue weighted by Crippen LogP contribution is -2.39. The maximum atomic E-state index is 5.71. The summed E-state index contributed by atoms with van der Waals surface area (Å²) in [6.45, 7) is 13.8. The molecule has 2 N–H and O–H groups in total. The van der Waals surface area contributed by atoms with Crippen LogP contribution in [-0.2, 0) is 19.4 Å². The molecule has 0 unspecified atom stereocenters. The van der Waals surface area contributed by atoms with E-state index in [1.165, 1.54) is 0 Å². The van der Waals surface area contributed by atoms with Gasteiger partial charge in [0.15, 0.2) is 17.5 Å². The lowest BCUT2D eigenvalue weighted by molar-refractivity contribution is 0.287. The number of hydrogen-bond acceptors (Lipinski definition) is 5. The van der Waals surface area contributed by atoms with Crippen molar-refractivity contribution in [2.24, 2.45) is 4.99 Å². The normalized spacial score (nSPS) is 10.9. The van der Waals surface area contributed by atoms with Gasteiger partial charge in [-0.25, -0.2) is 0 Å². The van der Waals surface area contributed by atoms with Crippen LogP contribution in [0.25, 0.3) is 0 Å². The number of guanidine groups is 1. The molecule has 172 valence electrons. The Labute approximate surface area is 202 Å². The molecular weight excluding hydrogens is 507 g/mol. The Hall–Kier alpha value is -2.30. The molecule has 0 aliphatic rings. The summed E-state index contributed by atoms with van der Waals surface area (Å²) >= 11 is 0.